The van der Waals surface area contributed by atoms with Crippen molar-refractivity contribution < 1.29 is 33.3 Å². The van der Waals surface area contributed by atoms with Crippen molar-refractivity contribution in [1.29, 1.82) is 0 Å². The Bertz CT molecular complexity index is 780. The van der Waals surface area contributed by atoms with Crippen molar-refractivity contribution in [3.8, 4) is 11.5 Å². The van der Waals surface area contributed by atoms with Crippen LogP contribution in [0, 0.1) is 11.8 Å². The van der Waals surface area contributed by atoms with Crippen LogP contribution in [0.3, 0.4) is 0 Å². The lowest BCUT2D eigenvalue weighted by Crippen LogP contribution is -2.43. The van der Waals surface area contributed by atoms with Crippen molar-refractivity contribution in [3.63, 3.8) is 0 Å². The molecule has 32 heavy (non-hydrogen) atoms. The molecule has 0 aliphatic heterocycles. The highest BCUT2D eigenvalue weighted by Crippen LogP contribution is 2.29. The summed E-state index contributed by atoms with van der Waals surface area (Å²) >= 11 is 0. The Hall–Kier alpha value is -2.68. The number of aromatic nitrogens is 1. The Kier molecular flexibility index (Phi) is 11.1. The fourth-order valence-corrected chi connectivity index (χ4v) is 2.86. The predicted octanol–water partition coefficient (Wildman–Crippen LogP) is 3.15. The second-order valence-corrected chi connectivity index (χ2v) is 8.52. The van der Waals surface area contributed by atoms with Crippen molar-refractivity contribution in [3.05, 3.63) is 18.0 Å². The SMILES string of the molecule is COc1ccnc(C(=O)N[C@@H](C)C(=O)O[C@@H](C)[C@@H](CC(C)C)OCC(C)C)c1OC(C)=O. The number of esters is 2. The van der Waals surface area contributed by atoms with Crippen molar-refractivity contribution in [1.82, 2.24) is 10.3 Å². The summed E-state index contributed by atoms with van der Waals surface area (Å²) in [7, 11) is 1.38. The summed E-state index contributed by atoms with van der Waals surface area (Å²) in [6, 6.07) is 0.494. The van der Waals surface area contributed by atoms with Gasteiger partial charge in [0.1, 0.15) is 12.1 Å². The molecule has 180 valence electrons. The molecule has 0 fully saturated rings. The fourth-order valence-electron chi connectivity index (χ4n) is 2.86. The van der Waals surface area contributed by atoms with E-state index in [1.54, 1.807) is 6.92 Å². The molecule has 1 rings (SSSR count). The maximum atomic E-state index is 12.7. The van der Waals surface area contributed by atoms with Gasteiger partial charge >= 0.3 is 11.9 Å². The number of nitrogens with zero attached hydrogens (tertiary/aromatic N) is 1. The molecular weight excluding hydrogens is 416 g/mol. The van der Waals surface area contributed by atoms with Gasteiger partial charge in [-0.25, -0.2) is 9.78 Å². The summed E-state index contributed by atoms with van der Waals surface area (Å²) in [5, 5.41) is 2.53. The summed E-state index contributed by atoms with van der Waals surface area (Å²) in [5.41, 5.74) is -0.176. The number of carbonyl (C=O) groups is 3. The Morgan fingerprint density at radius 1 is 1.06 bits per heavy atom. The number of amides is 1. The number of nitrogens with one attached hydrogen (secondary N) is 1. The second kappa shape index (κ2) is 13.0. The molecule has 3 atom stereocenters. The number of ether oxygens (including phenoxy) is 4. The van der Waals surface area contributed by atoms with Crippen LogP contribution in [0.15, 0.2) is 12.3 Å². The molecule has 0 unspecified atom stereocenters. The number of pyridine rings is 1. The van der Waals surface area contributed by atoms with Gasteiger partial charge in [0.25, 0.3) is 5.91 Å². The van der Waals surface area contributed by atoms with Gasteiger partial charge in [0, 0.05) is 25.8 Å². The zero-order chi connectivity index (χ0) is 24.4. The van der Waals surface area contributed by atoms with Crippen molar-refractivity contribution >= 4 is 17.8 Å². The zero-order valence-corrected chi connectivity index (χ0v) is 20.3. The van der Waals surface area contributed by atoms with Crippen LogP contribution in [0.25, 0.3) is 0 Å². The number of hydrogen-bond acceptors (Lipinski definition) is 8. The smallest absolute Gasteiger partial charge is 0.328 e. The van der Waals surface area contributed by atoms with E-state index < -0.39 is 30.0 Å². The van der Waals surface area contributed by atoms with Crippen LogP contribution in [-0.2, 0) is 19.1 Å². The van der Waals surface area contributed by atoms with Crippen LogP contribution in [0.4, 0.5) is 0 Å². The average molecular weight is 453 g/mol. The first-order valence-corrected chi connectivity index (χ1v) is 10.8. The highest BCUT2D eigenvalue weighted by Gasteiger charge is 2.28. The molecular formula is C23H36N2O7. The number of rotatable bonds is 12. The zero-order valence-electron chi connectivity index (χ0n) is 20.3. The lowest BCUT2D eigenvalue weighted by molar-refractivity contribution is -0.159. The van der Waals surface area contributed by atoms with E-state index in [0.29, 0.717) is 18.4 Å². The summed E-state index contributed by atoms with van der Waals surface area (Å²) in [6.07, 6.45) is 1.34. The molecule has 0 saturated carbocycles. The van der Waals surface area contributed by atoms with E-state index in [4.69, 9.17) is 18.9 Å². The first-order chi connectivity index (χ1) is 15.0. The Morgan fingerprint density at radius 3 is 2.25 bits per heavy atom. The van der Waals surface area contributed by atoms with E-state index in [0.717, 1.165) is 6.42 Å². The van der Waals surface area contributed by atoms with Crippen LogP contribution in [0.2, 0.25) is 0 Å². The quantitative estimate of drug-likeness (QED) is 0.481. The average Bonchev–Trinajstić information content (AvgIpc) is 2.70. The third-order valence-corrected chi connectivity index (χ3v) is 4.42. The standard InChI is InChI=1S/C23H36N2O7/c1-13(2)11-19(30-12-14(3)4)16(6)31-23(28)15(5)25-22(27)20-21(32-17(7)26)18(29-8)9-10-24-20/h9-10,13-16,19H,11-12H2,1-8H3,(H,25,27)/t15-,16-,19+/m0/s1. The Balaban J connectivity index is 2.86. The minimum Gasteiger partial charge on any atom is -0.493 e. The highest BCUT2D eigenvalue weighted by molar-refractivity contribution is 5.98. The molecule has 1 aromatic heterocycles. The maximum absolute atomic E-state index is 12.7. The molecule has 1 N–H and O–H groups in total. The van der Waals surface area contributed by atoms with Crippen LogP contribution in [0.5, 0.6) is 11.5 Å². The predicted molar refractivity (Wildman–Crippen MR) is 119 cm³/mol. The third kappa shape index (κ3) is 8.82. The van der Waals surface area contributed by atoms with E-state index in [1.807, 2.05) is 0 Å². The van der Waals surface area contributed by atoms with Crippen LogP contribution < -0.4 is 14.8 Å². The largest absolute Gasteiger partial charge is 0.493 e. The molecule has 9 nitrogen and oxygen atoms in total. The summed E-state index contributed by atoms with van der Waals surface area (Å²) < 4.78 is 21.8. The van der Waals surface area contributed by atoms with Gasteiger partial charge in [0.15, 0.2) is 11.4 Å². The monoisotopic (exact) mass is 452 g/mol. The van der Waals surface area contributed by atoms with Gasteiger partial charge in [-0.2, -0.15) is 0 Å². The normalized spacial score (nSPS) is 13.9. The molecule has 0 aliphatic rings. The molecule has 0 aliphatic carbocycles. The lowest BCUT2D eigenvalue weighted by atomic mass is 10.0. The molecule has 0 spiro atoms. The van der Waals surface area contributed by atoms with Gasteiger partial charge in [-0.1, -0.05) is 27.7 Å². The van der Waals surface area contributed by atoms with Gasteiger partial charge in [-0.3, -0.25) is 9.59 Å². The van der Waals surface area contributed by atoms with Crippen molar-refractivity contribution in [2.45, 2.75) is 73.1 Å². The molecule has 0 bridgehead atoms. The molecule has 1 amide bonds. The number of carbonyl (C=O) groups excluding carboxylic acids is 3. The van der Waals surface area contributed by atoms with Crippen LogP contribution in [0.1, 0.15) is 65.4 Å². The van der Waals surface area contributed by atoms with Crippen LogP contribution in [-0.4, -0.2) is 54.8 Å². The van der Waals surface area contributed by atoms with E-state index in [1.165, 1.54) is 33.2 Å². The Morgan fingerprint density at radius 2 is 1.72 bits per heavy atom. The second-order valence-electron chi connectivity index (χ2n) is 8.52. The van der Waals surface area contributed by atoms with Crippen LogP contribution >= 0.6 is 0 Å². The topological polar surface area (TPSA) is 113 Å². The Labute approximate surface area is 190 Å². The first kappa shape index (κ1) is 27.4. The van der Waals surface area contributed by atoms with Gasteiger partial charge < -0.3 is 24.3 Å². The van der Waals surface area contributed by atoms with E-state index >= 15 is 0 Å². The first-order valence-electron chi connectivity index (χ1n) is 10.8. The number of methoxy groups -OCH3 is 1. The lowest BCUT2D eigenvalue weighted by Gasteiger charge is -2.27. The molecule has 0 radical (unpaired) electrons. The van der Waals surface area contributed by atoms with Gasteiger partial charge in [-0.15, -0.1) is 0 Å². The summed E-state index contributed by atoms with van der Waals surface area (Å²) in [6.45, 7) is 13.3. The molecule has 0 saturated heterocycles. The minimum absolute atomic E-state index is 0.118. The van der Waals surface area contributed by atoms with E-state index in [9.17, 15) is 14.4 Å². The molecule has 9 heteroatoms. The number of hydrogen-bond donors (Lipinski definition) is 1. The minimum atomic E-state index is -0.965. The van der Waals surface area contributed by atoms with E-state index in [-0.39, 0.29) is 23.3 Å². The maximum Gasteiger partial charge on any atom is 0.328 e. The fraction of sp³-hybridized carbons (Fsp3) is 0.652. The summed E-state index contributed by atoms with van der Waals surface area (Å²) in [4.78, 5) is 40.7. The van der Waals surface area contributed by atoms with Gasteiger partial charge in [0.05, 0.1) is 13.2 Å². The third-order valence-electron chi connectivity index (χ3n) is 4.42. The highest BCUT2D eigenvalue weighted by atomic mass is 16.6. The van der Waals surface area contributed by atoms with Crippen molar-refractivity contribution in [2.75, 3.05) is 13.7 Å². The van der Waals surface area contributed by atoms with Gasteiger partial charge in [0.2, 0.25) is 5.75 Å². The summed E-state index contributed by atoms with van der Waals surface area (Å²) in [5.74, 6) is -1.17. The molecule has 0 aromatic carbocycles. The molecule has 1 aromatic rings. The van der Waals surface area contributed by atoms with Crippen molar-refractivity contribution in [2.24, 2.45) is 11.8 Å². The van der Waals surface area contributed by atoms with Gasteiger partial charge in [-0.05, 0) is 32.1 Å². The molecule has 1 heterocycles. The van der Waals surface area contributed by atoms with E-state index in [2.05, 4.69) is 38.0 Å².